The second kappa shape index (κ2) is 31.8. The SMILES string of the molecule is CCC.CCC.CCNc1ccc(C(=O)NCCN2CCCCC2)cc1.CNC(O)CS/C=C/C#N.O=CN1CCC(O)C1. The zero-order valence-corrected chi connectivity index (χ0v) is 28.9. The molecule has 0 aromatic heterocycles. The number of allylic oxidation sites excluding steroid dienone is 1. The molecular formula is C33H60N6O4S. The molecule has 2 unspecified atom stereocenters. The van der Waals surface area contributed by atoms with Gasteiger partial charge in [0, 0.05) is 55.8 Å². The minimum atomic E-state index is -0.492. The van der Waals surface area contributed by atoms with E-state index in [1.807, 2.05) is 30.3 Å². The molecule has 2 fully saturated rings. The summed E-state index contributed by atoms with van der Waals surface area (Å²) >= 11 is 1.39. The molecule has 2 aliphatic rings. The standard InChI is InChI=1S/C16H25N3O.C6H10N2OS.C5H9NO2.2C3H8/c1-2-17-15-8-6-14(7-9-15)16(20)18-10-13-19-11-4-3-5-12-19;1-8-6(9)5-10-4-2-3-7;7-4-6-2-1-5(8)3-6;2*1-3-2/h6-9,17H,2-5,10-13H2,1H3,(H,18,20);2,4,6,8-9H,5H2,1H3;4-5,8H,1-3H2;2*3H2,1-2H3/b;4-2+;;;. The maximum atomic E-state index is 12.0. The molecule has 1 aromatic carbocycles. The Morgan fingerprint density at radius 1 is 1.09 bits per heavy atom. The van der Waals surface area contributed by atoms with Crippen LogP contribution in [0.4, 0.5) is 5.69 Å². The molecule has 44 heavy (non-hydrogen) atoms. The molecule has 0 saturated carbocycles. The van der Waals surface area contributed by atoms with Crippen molar-refractivity contribution in [2.24, 2.45) is 0 Å². The summed E-state index contributed by atoms with van der Waals surface area (Å²) < 4.78 is 0. The van der Waals surface area contributed by atoms with Gasteiger partial charge in [0.05, 0.1) is 12.2 Å². The molecular weight excluding hydrogens is 576 g/mol. The zero-order valence-electron chi connectivity index (χ0n) is 28.1. The number of rotatable bonds is 11. The van der Waals surface area contributed by atoms with E-state index in [2.05, 4.69) is 55.5 Å². The number of thioether (sulfide) groups is 1. The number of hydrogen-bond donors (Lipinski definition) is 5. The number of anilines is 1. The minimum Gasteiger partial charge on any atom is -0.391 e. The third-order valence-electron chi connectivity index (χ3n) is 5.86. The van der Waals surface area contributed by atoms with Crippen LogP contribution in [-0.4, -0.2) is 103 Å². The first kappa shape index (κ1) is 43.5. The van der Waals surface area contributed by atoms with Gasteiger partial charge in [-0.05, 0) is 76.0 Å². The zero-order chi connectivity index (χ0) is 33.4. The molecule has 3 rings (SSSR count). The summed E-state index contributed by atoms with van der Waals surface area (Å²) in [4.78, 5) is 26.0. The van der Waals surface area contributed by atoms with Crippen molar-refractivity contribution in [2.45, 2.75) is 85.5 Å². The summed E-state index contributed by atoms with van der Waals surface area (Å²) in [5.41, 5.74) is 1.78. The number of nitrogens with one attached hydrogen (secondary N) is 3. The molecule has 0 aliphatic carbocycles. The van der Waals surface area contributed by atoms with Gasteiger partial charge in [-0.3, -0.25) is 14.9 Å². The first-order chi connectivity index (χ1) is 21.3. The number of likely N-dealkylation sites (tertiary alicyclic amines) is 2. The normalized spacial score (nSPS) is 16.2. The molecule has 0 bridgehead atoms. The van der Waals surface area contributed by atoms with Crippen molar-refractivity contribution < 1.29 is 19.8 Å². The third-order valence-corrected chi connectivity index (χ3v) is 6.70. The van der Waals surface area contributed by atoms with E-state index in [9.17, 15) is 9.59 Å². The number of β-amino-alcohol motifs (C(OH)–C–C–N with tert-alkyl or cyclic N) is 1. The summed E-state index contributed by atoms with van der Waals surface area (Å²) in [7, 11) is 1.68. The number of aliphatic hydroxyl groups excluding tert-OH is 2. The average molecular weight is 637 g/mol. The highest BCUT2D eigenvalue weighted by Crippen LogP contribution is 2.10. The Bertz CT molecular complexity index is 874. The number of carbonyl (C=O) groups is 2. The largest absolute Gasteiger partial charge is 0.391 e. The Balaban J connectivity index is 0. The third kappa shape index (κ3) is 25.8. The van der Waals surface area contributed by atoms with Crippen molar-refractivity contribution in [3.8, 4) is 6.07 Å². The maximum Gasteiger partial charge on any atom is 0.251 e. The van der Waals surface area contributed by atoms with Gasteiger partial charge in [0.25, 0.3) is 5.91 Å². The van der Waals surface area contributed by atoms with Crippen molar-refractivity contribution >= 4 is 29.8 Å². The number of benzene rings is 1. The molecule has 2 aliphatic heterocycles. The molecule has 11 heteroatoms. The van der Waals surface area contributed by atoms with Crippen molar-refractivity contribution in [2.75, 3.05) is 63.9 Å². The lowest BCUT2D eigenvalue weighted by Gasteiger charge is -2.26. The molecule has 1 aromatic rings. The van der Waals surface area contributed by atoms with Crippen LogP contribution in [0.15, 0.2) is 35.7 Å². The number of aliphatic hydroxyl groups is 2. The predicted octanol–water partition coefficient (Wildman–Crippen LogP) is 4.67. The van der Waals surface area contributed by atoms with Crippen molar-refractivity contribution in [1.82, 2.24) is 20.4 Å². The average Bonchev–Trinajstić information content (AvgIpc) is 3.47. The monoisotopic (exact) mass is 636 g/mol. The molecule has 0 spiro atoms. The van der Waals surface area contributed by atoms with Gasteiger partial charge in [0.15, 0.2) is 0 Å². The van der Waals surface area contributed by atoms with Crippen LogP contribution in [0.3, 0.4) is 0 Å². The molecule has 2 saturated heterocycles. The van der Waals surface area contributed by atoms with Crippen LogP contribution >= 0.6 is 11.8 Å². The summed E-state index contributed by atoms with van der Waals surface area (Å²) in [5.74, 6) is 0.583. The summed E-state index contributed by atoms with van der Waals surface area (Å²) in [6.07, 6.45) is 8.55. The molecule has 2 amide bonds. The minimum absolute atomic E-state index is 0.0186. The van der Waals surface area contributed by atoms with Gasteiger partial charge in [0.2, 0.25) is 6.41 Å². The van der Waals surface area contributed by atoms with Crippen molar-refractivity contribution in [3.05, 3.63) is 41.3 Å². The van der Waals surface area contributed by atoms with Crippen LogP contribution in [0.2, 0.25) is 0 Å². The second-order valence-corrected chi connectivity index (χ2v) is 11.2. The van der Waals surface area contributed by atoms with E-state index in [0.29, 0.717) is 18.8 Å². The Labute approximate surface area is 271 Å². The van der Waals surface area contributed by atoms with Gasteiger partial charge in [0.1, 0.15) is 6.23 Å². The fourth-order valence-electron chi connectivity index (χ4n) is 3.73. The first-order valence-electron chi connectivity index (χ1n) is 16.0. The van der Waals surface area contributed by atoms with Crippen LogP contribution in [0, 0.1) is 11.3 Å². The quantitative estimate of drug-likeness (QED) is 0.133. The fourth-order valence-corrected chi connectivity index (χ4v) is 4.35. The maximum absolute atomic E-state index is 12.0. The lowest BCUT2D eigenvalue weighted by molar-refractivity contribution is -0.117. The molecule has 5 N–H and O–H groups in total. The van der Waals surface area contributed by atoms with Crippen LogP contribution in [0.1, 0.15) is 83.5 Å². The number of carbonyl (C=O) groups excluding carboxylic acids is 2. The Hall–Kier alpha value is -2.62. The summed E-state index contributed by atoms with van der Waals surface area (Å²) in [6.45, 7) is 16.7. The van der Waals surface area contributed by atoms with Crippen molar-refractivity contribution in [1.29, 1.82) is 5.26 Å². The van der Waals surface area contributed by atoms with E-state index in [-0.39, 0.29) is 12.0 Å². The van der Waals surface area contributed by atoms with Crippen LogP contribution < -0.4 is 16.0 Å². The number of amides is 2. The Morgan fingerprint density at radius 2 is 1.70 bits per heavy atom. The highest BCUT2D eigenvalue weighted by atomic mass is 32.2. The van der Waals surface area contributed by atoms with E-state index in [1.54, 1.807) is 17.4 Å². The van der Waals surface area contributed by atoms with Crippen LogP contribution in [-0.2, 0) is 4.79 Å². The van der Waals surface area contributed by atoms with Gasteiger partial charge >= 0.3 is 0 Å². The first-order valence-corrected chi connectivity index (χ1v) is 17.0. The van der Waals surface area contributed by atoms with Gasteiger partial charge in [-0.1, -0.05) is 47.0 Å². The molecule has 2 heterocycles. The van der Waals surface area contributed by atoms with E-state index < -0.39 is 6.23 Å². The predicted molar refractivity (Wildman–Crippen MR) is 186 cm³/mol. The van der Waals surface area contributed by atoms with E-state index in [0.717, 1.165) is 43.7 Å². The molecule has 252 valence electrons. The topological polar surface area (TPSA) is 141 Å². The van der Waals surface area contributed by atoms with Gasteiger partial charge in [-0.15, -0.1) is 11.8 Å². The second-order valence-electron chi connectivity index (χ2n) is 10.3. The van der Waals surface area contributed by atoms with E-state index in [4.69, 9.17) is 15.5 Å². The van der Waals surface area contributed by atoms with E-state index >= 15 is 0 Å². The van der Waals surface area contributed by atoms with Gasteiger partial charge in [-0.2, -0.15) is 5.26 Å². The Morgan fingerprint density at radius 3 is 2.16 bits per heavy atom. The molecule has 0 radical (unpaired) electrons. The number of piperidine rings is 1. The van der Waals surface area contributed by atoms with Crippen molar-refractivity contribution in [3.63, 3.8) is 0 Å². The number of nitrogens with zero attached hydrogens (tertiary/aromatic N) is 3. The smallest absolute Gasteiger partial charge is 0.251 e. The van der Waals surface area contributed by atoms with Gasteiger partial charge in [-0.25, -0.2) is 0 Å². The van der Waals surface area contributed by atoms with Crippen LogP contribution in [0.5, 0.6) is 0 Å². The molecule has 2 atom stereocenters. The highest BCUT2D eigenvalue weighted by Gasteiger charge is 2.17. The fraction of sp³-hybridized carbons (Fsp3) is 0.667. The Kier molecular flexibility index (Phi) is 31.4. The lowest BCUT2D eigenvalue weighted by atomic mass is 10.1. The van der Waals surface area contributed by atoms with Gasteiger partial charge < -0.3 is 30.6 Å². The van der Waals surface area contributed by atoms with Crippen LogP contribution in [0.25, 0.3) is 0 Å². The van der Waals surface area contributed by atoms with E-state index in [1.165, 1.54) is 63.0 Å². The lowest BCUT2D eigenvalue weighted by Crippen LogP contribution is -2.37. The summed E-state index contributed by atoms with van der Waals surface area (Å²) in [5, 5.41) is 36.3. The highest BCUT2D eigenvalue weighted by molar-refractivity contribution is 8.02. The number of nitriles is 1. The molecule has 10 nitrogen and oxygen atoms in total. The summed E-state index contributed by atoms with van der Waals surface area (Å²) in [6, 6.07) is 9.49. The number of hydrogen-bond acceptors (Lipinski definition) is 9.